The molecule has 2 N–H and O–H groups in total. The first kappa shape index (κ1) is 26.2. The number of halogens is 1. The van der Waals surface area contributed by atoms with E-state index < -0.39 is 6.04 Å². The van der Waals surface area contributed by atoms with Crippen molar-refractivity contribution in [2.75, 3.05) is 13.1 Å². The van der Waals surface area contributed by atoms with Gasteiger partial charge in [-0.2, -0.15) is 0 Å². The van der Waals surface area contributed by atoms with Crippen LogP contribution in [-0.4, -0.2) is 33.4 Å². The SMILES string of the molecule is Cc1ccc(C(=O)N(CCN)C(c2nc3c(oc4ccc(Cl)cc43)c(=O)n2Cc2cccs2)C(C)C)cc1. The van der Waals surface area contributed by atoms with E-state index in [1.165, 1.54) is 0 Å². The van der Waals surface area contributed by atoms with E-state index in [0.717, 1.165) is 10.4 Å². The van der Waals surface area contributed by atoms with Gasteiger partial charge in [-0.05, 0) is 54.6 Å². The Morgan fingerprint density at radius 1 is 1.18 bits per heavy atom. The second kappa shape index (κ2) is 10.7. The number of rotatable bonds is 8. The summed E-state index contributed by atoms with van der Waals surface area (Å²) < 4.78 is 7.61. The second-order valence-corrected chi connectivity index (χ2v) is 11.2. The van der Waals surface area contributed by atoms with Crippen LogP contribution in [0.2, 0.25) is 5.02 Å². The van der Waals surface area contributed by atoms with Crippen molar-refractivity contribution in [2.24, 2.45) is 11.7 Å². The lowest BCUT2D eigenvalue weighted by Crippen LogP contribution is -2.43. The van der Waals surface area contributed by atoms with E-state index in [-0.39, 0.29) is 29.5 Å². The van der Waals surface area contributed by atoms with Crippen molar-refractivity contribution < 1.29 is 9.21 Å². The van der Waals surface area contributed by atoms with Gasteiger partial charge in [-0.25, -0.2) is 4.98 Å². The predicted octanol–water partition coefficient (Wildman–Crippen LogP) is 6.01. The molecule has 196 valence electrons. The van der Waals surface area contributed by atoms with Gasteiger partial charge in [0, 0.05) is 33.9 Å². The molecule has 0 radical (unpaired) electrons. The number of nitrogens with zero attached hydrogens (tertiary/aromatic N) is 3. The molecule has 5 aromatic rings. The monoisotopic (exact) mass is 548 g/mol. The van der Waals surface area contributed by atoms with Gasteiger partial charge in [0.15, 0.2) is 0 Å². The molecule has 9 heteroatoms. The molecule has 0 bridgehead atoms. The van der Waals surface area contributed by atoms with E-state index in [2.05, 4.69) is 0 Å². The number of aromatic nitrogens is 2. The summed E-state index contributed by atoms with van der Waals surface area (Å²) in [7, 11) is 0. The minimum absolute atomic E-state index is 0.0726. The summed E-state index contributed by atoms with van der Waals surface area (Å²) in [5.74, 6) is 0.255. The fraction of sp³-hybridized carbons (Fsp3) is 0.276. The zero-order valence-corrected chi connectivity index (χ0v) is 23.1. The quantitative estimate of drug-likeness (QED) is 0.256. The first-order chi connectivity index (χ1) is 18.3. The Bertz CT molecular complexity index is 1660. The molecule has 0 aliphatic heterocycles. The Hall–Kier alpha value is -3.46. The van der Waals surface area contributed by atoms with Crippen LogP contribution in [-0.2, 0) is 6.54 Å². The molecule has 0 aliphatic carbocycles. The molecule has 1 atom stereocenters. The molecule has 0 saturated heterocycles. The van der Waals surface area contributed by atoms with E-state index in [4.69, 9.17) is 26.7 Å². The van der Waals surface area contributed by atoms with Crippen molar-refractivity contribution in [1.29, 1.82) is 0 Å². The third kappa shape index (κ3) is 4.87. The van der Waals surface area contributed by atoms with E-state index in [1.54, 1.807) is 39.0 Å². The summed E-state index contributed by atoms with van der Waals surface area (Å²) in [5, 5.41) is 3.15. The number of nitrogens with two attached hydrogens (primary N) is 1. The van der Waals surface area contributed by atoms with Gasteiger partial charge in [0.2, 0.25) is 5.58 Å². The molecule has 38 heavy (non-hydrogen) atoms. The Morgan fingerprint density at radius 2 is 1.95 bits per heavy atom. The van der Waals surface area contributed by atoms with Gasteiger partial charge in [0.1, 0.15) is 16.9 Å². The molecule has 3 heterocycles. The van der Waals surface area contributed by atoms with E-state index in [1.807, 2.05) is 62.5 Å². The number of fused-ring (bicyclic) bond motifs is 3. The Morgan fingerprint density at radius 3 is 2.61 bits per heavy atom. The van der Waals surface area contributed by atoms with Gasteiger partial charge < -0.3 is 15.1 Å². The molecule has 3 aromatic heterocycles. The smallest absolute Gasteiger partial charge is 0.297 e. The molecule has 5 rings (SSSR count). The molecular weight excluding hydrogens is 520 g/mol. The Kier molecular flexibility index (Phi) is 7.38. The predicted molar refractivity (Wildman–Crippen MR) is 153 cm³/mol. The van der Waals surface area contributed by atoms with Crippen molar-refractivity contribution in [2.45, 2.75) is 33.4 Å². The number of amides is 1. The molecule has 2 aromatic carbocycles. The van der Waals surface area contributed by atoms with Gasteiger partial charge in [-0.15, -0.1) is 11.3 Å². The van der Waals surface area contributed by atoms with Crippen LogP contribution in [0.15, 0.2) is 69.2 Å². The summed E-state index contributed by atoms with van der Waals surface area (Å²) in [4.78, 5) is 35.6. The average molecular weight is 549 g/mol. The standard InChI is InChI=1S/C29H29ClN4O3S/c1-17(2)25(33(13-12-31)28(35)19-8-6-18(3)7-9-19)27-32-24-22-15-20(30)10-11-23(22)37-26(24)29(36)34(27)16-21-5-4-14-38-21/h4-11,14-15,17,25H,12-13,16,31H2,1-3H3. The maximum atomic E-state index is 14.0. The van der Waals surface area contributed by atoms with Crippen molar-refractivity contribution in [3.8, 4) is 0 Å². The third-order valence-electron chi connectivity index (χ3n) is 6.62. The van der Waals surface area contributed by atoms with Crippen molar-refractivity contribution in [3.05, 3.63) is 97.2 Å². The summed E-state index contributed by atoms with van der Waals surface area (Å²) in [6, 6.07) is 16.1. The normalized spacial score (nSPS) is 12.5. The molecule has 0 aliphatic rings. The fourth-order valence-corrected chi connectivity index (χ4v) is 5.68. The minimum Gasteiger partial charge on any atom is -0.448 e. The number of carbonyl (C=O) groups excluding carboxylic acids is 1. The molecule has 7 nitrogen and oxygen atoms in total. The summed E-state index contributed by atoms with van der Waals surface area (Å²) in [6.45, 7) is 6.90. The number of hydrogen-bond acceptors (Lipinski definition) is 6. The maximum Gasteiger partial charge on any atom is 0.297 e. The first-order valence-electron chi connectivity index (χ1n) is 12.5. The maximum absolute atomic E-state index is 14.0. The Labute approximate surface area is 229 Å². The van der Waals surface area contributed by atoms with E-state index >= 15 is 0 Å². The molecule has 1 amide bonds. The number of carbonyl (C=O) groups is 1. The van der Waals surface area contributed by atoms with Crippen LogP contribution < -0.4 is 11.3 Å². The first-order valence-corrected chi connectivity index (χ1v) is 13.8. The lowest BCUT2D eigenvalue weighted by atomic mass is 9.99. The van der Waals surface area contributed by atoms with Gasteiger partial charge >= 0.3 is 0 Å². The third-order valence-corrected chi connectivity index (χ3v) is 7.72. The minimum atomic E-state index is -0.520. The van der Waals surface area contributed by atoms with Gasteiger partial charge in [-0.1, -0.05) is 49.2 Å². The number of hydrogen-bond donors (Lipinski definition) is 1. The van der Waals surface area contributed by atoms with Crippen LogP contribution in [0.3, 0.4) is 0 Å². The molecule has 0 spiro atoms. The second-order valence-electron chi connectivity index (χ2n) is 9.70. The van der Waals surface area contributed by atoms with Crippen molar-refractivity contribution >= 4 is 50.9 Å². The molecule has 1 unspecified atom stereocenters. The highest BCUT2D eigenvalue weighted by Crippen LogP contribution is 2.33. The fourth-order valence-electron chi connectivity index (χ4n) is 4.82. The molecule has 0 saturated carbocycles. The van der Waals surface area contributed by atoms with Crippen LogP contribution in [0.25, 0.3) is 22.1 Å². The van der Waals surface area contributed by atoms with Gasteiger partial charge in [0.25, 0.3) is 11.5 Å². The lowest BCUT2D eigenvalue weighted by Gasteiger charge is -2.35. The van der Waals surface area contributed by atoms with Crippen LogP contribution in [0.4, 0.5) is 0 Å². The number of aryl methyl sites for hydroxylation is 1. The summed E-state index contributed by atoms with van der Waals surface area (Å²) >= 11 is 7.84. The highest BCUT2D eigenvalue weighted by atomic mass is 35.5. The topological polar surface area (TPSA) is 94.4 Å². The largest absolute Gasteiger partial charge is 0.448 e. The van der Waals surface area contributed by atoms with E-state index in [0.29, 0.717) is 46.0 Å². The highest BCUT2D eigenvalue weighted by molar-refractivity contribution is 7.09. The van der Waals surface area contributed by atoms with Gasteiger partial charge in [0.05, 0.1) is 12.6 Å². The van der Waals surface area contributed by atoms with Crippen LogP contribution in [0.5, 0.6) is 0 Å². The highest BCUT2D eigenvalue weighted by Gasteiger charge is 2.33. The number of furan rings is 1. The average Bonchev–Trinajstić information content (AvgIpc) is 3.53. The molecule has 0 fully saturated rings. The number of thiophene rings is 1. The molecular formula is C29H29ClN4O3S. The van der Waals surface area contributed by atoms with Crippen LogP contribution in [0, 0.1) is 12.8 Å². The van der Waals surface area contributed by atoms with Crippen molar-refractivity contribution in [3.63, 3.8) is 0 Å². The van der Waals surface area contributed by atoms with Gasteiger partial charge in [-0.3, -0.25) is 14.2 Å². The summed E-state index contributed by atoms with van der Waals surface area (Å²) in [6.07, 6.45) is 0. The van der Waals surface area contributed by atoms with E-state index in [9.17, 15) is 9.59 Å². The number of benzene rings is 2. The zero-order valence-electron chi connectivity index (χ0n) is 21.5. The summed E-state index contributed by atoms with van der Waals surface area (Å²) in [5.41, 5.74) is 8.48. The van der Waals surface area contributed by atoms with Crippen LogP contribution in [0.1, 0.15) is 46.5 Å². The zero-order chi connectivity index (χ0) is 27.0. The van der Waals surface area contributed by atoms with Crippen molar-refractivity contribution in [1.82, 2.24) is 14.5 Å². The Balaban J connectivity index is 1.76. The van der Waals surface area contributed by atoms with Crippen LogP contribution >= 0.6 is 22.9 Å². The lowest BCUT2D eigenvalue weighted by molar-refractivity contribution is 0.0612.